The number of thiol groups is 1. The van der Waals surface area contributed by atoms with Crippen LogP contribution < -0.4 is 30.3 Å². The van der Waals surface area contributed by atoms with Crippen LogP contribution in [0.1, 0.15) is 61.6 Å². The first-order chi connectivity index (χ1) is 39.2. The van der Waals surface area contributed by atoms with E-state index in [1.165, 1.54) is 18.2 Å². The number of hydrogen-bond donors (Lipinski definition) is 4. The van der Waals surface area contributed by atoms with Gasteiger partial charge < -0.3 is 43.6 Å². The van der Waals surface area contributed by atoms with Crippen molar-refractivity contribution in [3.05, 3.63) is 124 Å². The number of sulfonamides is 1. The van der Waals surface area contributed by atoms with Crippen molar-refractivity contribution in [2.24, 2.45) is 4.99 Å². The fourth-order valence-corrected chi connectivity index (χ4v) is 11.2. The molecule has 4 aromatic carbocycles. The molecular weight excluding hydrogens is 1100 g/mol. The smallest absolute Gasteiger partial charge is 0.262 e. The van der Waals surface area contributed by atoms with Crippen LogP contribution in [0.15, 0.2) is 116 Å². The number of nitrogens with one attached hydrogen (secondary N) is 3. The van der Waals surface area contributed by atoms with E-state index in [1.807, 2.05) is 62.4 Å². The molecule has 0 bridgehead atoms. The first kappa shape index (κ1) is 61.9. The monoisotopic (exact) mass is 1170 g/mol. The highest BCUT2D eigenvalue weighted by atomic mass is 35.5. The predicted molar refractivity (Wildman–Crippen MR) is 313 cm³/mol. The highest BCUT2D eigenvalue weighted by molar-refractivity contribution is 7.89. The predicted octanol–water partition coefficient (Wildman–Crippen LogP) is 7.55. The van der Waals surface area contributed by atoms with E-state index < -0.39 is 20.7 Å². The average Bonchev–Trinajstić information content (AvgIpc) is 3.74. The van der Waals surface area contributed by atoms with E-state index in [-0.39, 0.29) is 73.3 Å². The van der Waals surface area contributed by atoms with Gasteiger partial charge in [-0.3, -0.25) is 23.9 Å². The van der Waals surface area contributed by atoms with Gasteiger partial charge in [-0.05, 0) is 125 Å². The minimum absolute atomic E-state index is 0.0496. The third-order valence-corrected chi connectivity index (χ3v) is 15.9. The summed E-state index contributed by atoms with van der Waals surface area (Å²) in [5.41, 5.74) is 5.64. The van der Waals surface area contributed by atoms with Gasteiger partial charge in [-0.1, -0.05) is 17.7 Å². The van der Waals surface area contributed by atoms with Crippen LogP contribution >= 0.6 is 11.6 Å². The number of methoxy groups -OCH3 is 1. The van der Waals surface area contributed by atoms with Gasteiger partial charge in [-0.25, -0.2) is 21.6 Å². The van der Waals surface area contributed by atoms with Crippen molar-refractivity contribution in [2.75, 3.05) is 104 Å². The molecule has 2 amide bonds. The standard InChI is InChI=1S/C59H71ClN6O13S2/c1-6-61-43-15-19-47-53(35-43)79-54-36-44(65(7-2)8-3)16-20-48(54)58(47)49-21-18-46(38-55(49)80(70)71)81(72,73)64-26-28-76-30-32-78-34-33-77-31-29-75-27-23-56(67)62-24-9-10-25-63-57(68)39-50-40(4)66(52-22-17-45(74-5)37-51(50)52)59(69)41-11-13-42(60)14-12-41/h11-22,35-38,64,80H,6-10,23-34,39H2,1-5H3,(H,62,67)(H,63,68)/b61-43-. The summed E-state index contributed by atoms with van der Waals surface area (Å²) < 4.78 is 90.7. The zero-order chi connectivity index (χ0) is 57.9. The van der Waals surface area contributed by atoms with Gasteiger partial charge >= 0.3 is 0 Å². The summed E-state index contributed by atoms with van der Waals surface area (Å²) in [4.78, 5) is 45.4. The van der Waals surface area contributed by atoms with E-state index in [0.29, 0.717) is 120 Å². The highest BCUT2D eigenvalue weighted by Gasteiger charge is 2.25. The van der Waals surface area contributed by atoms with Crippen LogP contribution in [-0.2, 0) is 55.7 Å². The number of nitrogens with zero attached hydrogens (tertiary/aromatic N) is 3. The second-order valence-electron chi connectivity index (χ2n) is 18.7. The Morgan fingerprint density at radius 1 is 0.716 bits per heavy atom. The van der Waals surface area contributed by atoms with Crippen LogP contribution in [0.5, 0.6) is 5.75 Å². The Balaban J connectivity index is 0.737. The number of unbranched alkanes of at least 4 members (excludes halogenated alkanes) is 1. The molecule has 434 valence electrons. The largest absolute Gasteiger partial charge is 0.497 e. The average molecular weight is 1170 g/mol. The number of fused-ring (bicyclic) bond motifs is 3. The van der Waals surface area contributed by atoms with Gasteiger partial charge in [0, 0.05) is 107 Å². The molecule has 0 spiro atoms. The summed E-state index contributed by atoms with van der Waals surface area (Å²) in [7, 11) is -5.79. The Morgan fingerprint density at radius 3 is 2.02 bits per heavy atom. The molecule has 22 heteroatoms. The molecule has 19 nitrogen and oxygen atoms in total. The number of carbonyl (C=O) groups is 3. The number of amides is 2. The number of ether oxygens (including phenoxy) is 5. The second kappa shape index (κ2) is 30.4. The summed E-state index contributed by atoms with van der Waals surface area (Å²) in [5, 5.41) is 8.50. The Hall–Kier alpha value is -6.69. The second-order valence-corrected chi connectivity index (χ2v) is 21.9. The summed E-state index contributed by atoms with van der Waals surface area (Å²) in [6, 6.07) is 27.5. The zero-order valence-corrected chi connectivity index (χ0v) is 48.8. The number of hydrogen-bond acceptors (Lipinski definition) is 15. The lowest BCUT2D eigenvalue weighted by atomic mass is 9.93. The minimum atomic E-state index is -4.12. The molecule has 0 saturated heterocycles. The molecule has 1 aromatic heterocycles. The van der Waals surface area contributed by atoms with Gasteiger partial charge in [0.15, 0.2) is 10.7 Å². The number of aromatic nitrogens is 1. The Morgan fingerprint density at radius 2 is 1.37 bits per heavy atom. The molecule has 0 fully saturated rings. The molecule has 1 aliphatic heterocycles. The van der Waals surface area contributed by atoms with Crippen molar-refractivity contribution in [3.63, 3.8) is 0 Å². The third-order valence-electron chi connectivity index (χ3n) is 13.5. The third kappa shape index (κ3) is 16.5. The minimum Gasteiger partial charge on any atom is -0.497 e. The summed E-state index contributed by atoms with van der Waals surface area (Å²) >= 11 is 6.05. The normalized spacial score (nSPS) is 12.0. The number of rotatable bonds is 32. The summed E-state index contributed by atoms with van der Waals surface area (Å²) in [5.74, 6) is 0.568. The molecule has 7 rings (SSSR count). The number of anilines is 1. The number of benzene rings is 5. The fourth-order valence-electron chi connectivity index (χ4n) is 9.34. The van der Waals surface area contributed by atoms with Gasteiger partial charge in [0.2, 0.25) is 21.8 Å². The first-order valence-corrected chi connectivity index (χ1v) is 30.1. The van der Waals surface area contributed by atoms with Gasteiger partial charge in [0.05, 0.1) is 87.1 Å². The van der Waals surface area contributed by atoms with E-state index in [1.54, 1.807) is 42.0 Å². The summed E-state index contributed by atoms with van der Waals surface area (Å²) in [6.45, 7) is 12.8. The lowest BCUT2D eigenvalue weighted by Gasteiger charge is -2.22. The van der Waals surface area contributed by atoms with Crippen LogP contribution in [0.3, 0.4) is 0 Å². The Labute approximate surface area is 479 Å². The molecule has 0 atom stereocenters. The van der Waals surface area contributed by atoms with E-state index in [2.05, 4.69) is 39.1 Å². The van der Waals surface area contributed by atoms with E-state index in [4.69, 9.17) is 39.7 Å². The van der Waals surface area contributed by atoms with Gasteiger partial charge in [0.1, 0.15) is 17.1 Å². The van der Waals surface area contributed by atoms with Gasteiger partial charge in [-0.15, -0.1) is 0 Å². The van der Waals surface area contributed by atoms with Crippen LogP contribution in [0.4, 0.5) is 5.69 Å². The molecule has 2 heterocycles. The fraction of sp³-hybridized carbons (Fsp3) is 0.390. The number of carbonyl (C=O) groups excluding carboxylic acids is 3. The van der Waals surface area contributed by atoms with Crippen molar-refractivity contribution in [1.82, 2.24) is 19.9 Å². The molecule has 81 heavy (non-hydrogen) atoms. The lowest BCUT2D eigenvalue weighted by Crippen LogP contribution is -2.28. The molecule has 5 aromatic rings. The quantitative estimate of drug-likeness (QED) is 0.0181. The van der Waals surface area contributed by atoms with Crippen molar-refractivity contribution < 1.29 is 59.3 Å². The SMILES string of the molecule is CC/N=c1/ccc2c(-c3ccc(S(=O)(=O)NCCOCCOCCOCCOCCC(=O)NCCCCNC(=O)Cc4c(C)n(C(=O)c5ccc(Cl)cc5)c5ccc(OC)cc45)cc3[SH](=O)=O)c3ccc(N(CC)CC)cc3oc-2c1. The van der Waals surface area contributed by atoms with Crippen LogP contribution in [-0.4, -0.2) is 138 Å². The zero-order valence-electron chi connectivity index (χ0n) is 46.3. The maximum absolute atomic E-state index is 13.6. The van der Waals surface area contributed by atoms with Gasteiger partial charge in [-0.2, -0.15) is 0 Å². The van der Waals surface area contributed by atoms with Crippen molar-refractivity contribution in [2.45, 2.75) is 63.2 Å². The van der Waals surface area contributed by atoms with Crippen LogP contribution in [0, 0.1) is 6.92 Å². The molecule has 0 radical (unpaired) electrons. The topological polar surface area (TPSA) is 235 Å². The van der Waals surface area contributed by atoms with Crippen LogP contribution in [0.25, 0.3) is 44.3 Å². The Kier molecular flexibility index (Phi) is 23.2. The summed E-state index contributed by atoms with van der Waals surface area (Å²) in [6.07, 6.45) is 1.58. The number of halogens is 1. The first-order valence-electron chi connectivity index (χ1n) is 27.0. The van der Waals surface area contributed by atoms with E-state index >= 15 is 0 Å². The highest BCUT2D eigenvalue weighted by Crippen LogP contribution is 2.43. The van der Waals surface area contributed by atoms with Crippen molar-refractivity contribution in [3.8, 4) is 28.2 Å². The lowest BCUT2D eigenvalue weighted by molar-refractivity contribution is -0.122. The maximum atomic E-state index is 13.6. The van der Waals surface area contributed by atoms with Crippen molar-refractivity contribution >= 4 is 77.6 Å². The van der Waals surface area contributed by atoms with E-state index in [0.717, 1.165) is 35.1 Å². The molecular formula is C59H71ClN6O13S2. The van der Waals surface area contributed by atoms with Gasteiger partial charge in [0.25, 0.3) is 5.91 Å². The molecule has 0 unspecified atom stereocenters. The molecule has 3 N–H and O–H groups in total. The molecule has 0 saturated carbocycles. The van der Waals surface area contributed by atoms with Crippen LogP contribution in [0.2, 0.25) is 5.02 Å². The molecule has 2 aliphatic rings. The Bertz CT molecular complexity index is 3520. The van der Waals surface area contributed by atoms with Crippen molar-refractivity contribution in [1.29, 1.82) is 0 Å². The molecule has 1 aliphatic carbocycles. The maximum Gasteiger partial charge on any atom is 0.262 e. The van der Waals surface area contributed by atoms with E-state index in [9.17, 15) is 31.2 Å².